The van der Waals surface area contributed by atoms with Crippen LogP contribution in [-0.2, 0) is 4.74 Å². The van der Waals surface area contributed by atoms with Crippen molar-refractivity contribution in [3.8, 4) is 0 Å². The van der Waals surface area contributed by atoms with Crippen molar-refractivity contribution in [1.82, 2.24) is 0 Å². The summed E-state index contributed by atoms with van der Waals surface area (Å²) < 4.78 is 4.97. The lowest BCUT2D eigenvalue weighted by Crippen LogP contribution is -1.90. The van der Waals surface area contributed by atoms with Gasteiger partial charge in [0.15, 0.2) is 0 Å². The Hall–Kier alpha value is -0.720. The number of allylic oxidation sites excluding steroid dienone is 3. The monoisotopic (exact) mass is 140 g/mol. The predicted molar refractivity (Wildman–Crippen MR) is 44.7 cm³/mol. The first-order chi connectivity index (χ1) is 4.57. The maximum Gasteiger partial charge on any atom is 0.0927 e. The van der Waals surface area contributed by atoms with Gasteiger partial charge in [0.2, 0.25) is 0 Å². The van der Waals surface area contributed by atoms with Crippen molar-refractivity contribution in [3.05, 3.63) is 24.0 Å². The zero-order valence-corrected chi connectivity index (χ0v) is 7.27. The van der Waals surface area contributed by atoms with E-state index in [4.69, 9.17) is 4.74 Å². The topological polar surface area (TPSA) is 9.23 Å². The van der Waals surface area contributed by atoms with Gasteiger partial charge in [-0.3, -0.25) is 0 Å². The Morgan fingerprint density at radius 2 is 2.00 bits per heavy atom. The van der Waals surface area contributed by atoms with E-state index in [-0.39, 0.29) is 0 Å². The van der Waals surface area contributed by atoms with Gasteiger partial charge in [0.1, 0.15) is 0 Å². The molecule has 0 radical (unpaired) electrons. The molecule has 0 unspecified atom stereocenters. The fourth-order valence-corrected chi connectivity index (χ4v) is 0.487. The molecule has 0 aliphatic carbocycles. The van der Waals surface area contributed by atoms with Crippen LogP contribution in [0.25, 0.3) is 0 Å². The summed E-state index contributed by atoms with van der Waals surface area (Å²) in [5, 5.41) is 0. The molecule has 0 aliphatic heterocycles. The van der Waals surface area contributed by atoms with Crippen molar-refractivity contribution in [3.63, 3.8) is 0 Å². The number of methoxy groups -OCH3 is 1. The van der Waals surface area contributed by atoms with Crippen LogP contribution in [0, 0.1) is 5.92 Å². The minimum atomic E-state index is 0.505. The highest BCUT2D eigenvalue weighted by molar-refractivity contribution is 5.18. The van der Waals surface area contributed by atoms with Crippen molar-refractivity contribution >= 4 is 0 Å². The van der Waals surface area contributed by atoms with E-state index < -0.39 is 0 Å². The van der Waals surface area contributed by atoms with Gasteiger partial charge in [-0.05, 0) is 24.5 Å². The average Bonchev–Trinajstić information content (AvgIpc) is 1.87. The highest BCUT2D eigenvalue weighted by Crippen LogP contribution is 2.10. The lowest BCUT2D eigenvalue weighted by atomic mass is 10.1. The van der Waals surface area contributed by atoms with Gasteiger partial charge < -0.3 is 4.74 Å². The standard InChI is InChI=1S/C9H16O/c1-7(2)8(3)6-9(4)10-5/h6-7H,3H2,1-2,4-5H3. The fraction of sp³-hybridized carbons (Fsp3) is 0.556. The van der Waals surface area contributed by atoms with E-state index in [1.165, 1.54) is 0 Å². The van der Waals surface area contributed by atoms with Gasteiger partial charge in [0.25, 0.3) is 0 Å². The summed E-state index contributed by atoms with van der Waals surface area (Å²) in [5.74, 6) is 1.42. The first-order valence-corrected chi connectivity index (χ1v) is 3.49. The van der Waals surface area contributed by atoms with Crippen molar-refractivity contribution in [2.45, 2.75) is 20.8 Å². The van der Waals surface area contributed by atoms with E-state index >= 15 is 0 Å². The quantitative estimate of drug-likeness (QED) is 0.432. The number of ether oxygens (including phenoxy) is 1. The van der Waals surface area contributed by atoms with Gasteiger partial charge in [-0.25, -0.2) is 0 Å². The van der Waals surface area contributed by atoms with E-state index in [0.29, 0.717) is 5.92 Å². The molecule has 0 aromatic heterocycles. The number of hydrogen-bond acceptors (Lipinski definition) is 1. The molecule has 0 saturated carbocycles. The normalized spacial score (nSPS) is 11.9. The van der Waals surface area contributed by atoms with Crippen LogP contribution in [0.1, 0.15) is 20.8 Å². The average molecular weight is 140 g/mol. The Bertz CT molecular complexity index is 143. The molecule has 0 saturated heterocycles. The summed E-state index contributed by atoms with van der Waals surface area (Å²) in [6.07, 6.45) is 1.96. The Balaban J connectivity index is 4.00. The van der Waals surface area contributed by atoms with Gasteiger partial charge in [-0.2, -0.15) is 0 Å². The zero-order chi connectivity index (χ0) is 8.15. The summed E-state index contributed by atoms with van der Waals surface area (Å²) in [6, 6.07) is 0. The van der Waals surface area contributed by atoms with Crippen LogP contribution < -0.4 is 0 Å². The Morgan fingerprint density at radius 1 is 1.50 bits per heavy atom. The minimum Gasteiger partial charge on any atom is -0.501 e. The molecule has 1 nitrogen and oxygen atoms in total. The Kier molecular flexibility index (Phi) is 3.85. The van der Waals surface area contributed by atoms with Crippen LogP contribution in [0.4, 0.5) is 0 Å². The van der Waals surface area contributed by atoms with Gasteiger partial charge in [0, 0.05) is 0 Å². The summed E-state index contributed by atoms with van der Waals surface area (Å²) >= 11 is 0. The summed E-state index contributed by atoms with van der Waals surface area (Å²) in [7, 11) is 1.67. The van der Waals surface area contributed by atoms with Crippen LogP contribution in [0.3, 0.4) is 0 Å². The maximum absolute atomic E-state index is 4.97. The van der Waals surface area contributed by atoms with E-state index in [1.54, 1.807) is 7.11 Å². The fourth-order valence-electron chi connectivity index (χ4n) is 0.487. The molecular weight excluding hydrogens is 124 g/mol. The van der Waals surface area contributed by atoms with Crippen LogP contribution in [0.15, 0.2) is 24.0 Å². The smallest absolute Gasteiger partial charge is 0.0927 e. The first kappa shape index (κ1) is 9.28. The summed E-state index contributed by atoms with van der Waals surface area (Å²) in [6.45, 7) is 10.0. The summed E-state index contributed by atoms with van der Waals surface area (Å²) in [5.41, 5.74) is 1.11. The molecule has 0 aromatic rings. The molecule has 0 rings (SSSR count). The third kappa shape index (κ3) is 3.33. The highest BCUT2D eigenvalue weighted by atomic mass is 16.5. The van der Waals surface area contributed by atoms with E-state index in [1.807, 2.05) is 13.0 Å². The van der Waals surface area contributed by atoms with Crippen molar-refractivity contribution in [2.24, 2.45) is 5.92 Å². The molecule has 0 N–H and O–H groups in total. The van der Waals surface area contributed by atoms with Crippen molar-refractivity contribution in [1.29, 1.82) is 0 Å². The molecule has 0 aromatic carbocycles. The second-order valence-electron chi connectivity index (χ2n) is 2.69. The van der Waals surface area contributed by atoms with Crippen LogP contribution in [-0.4, -0.2) is 7.11 Å². The number of rotatable bonds is 3. The molecule has 0 amide bonds. The van der Waals surface area contributed by atoms with Gasteiger partial charge in [0.05, 0.1) is 12.9 Å². The van der Waals surface area contributed by atoms with Gasteiger partial charge in [-0.1, -0.05) is 20.4 Å². The molecule has 0 spiro atoms. The molecule has 0 heterocycles. The number of hydrogen-bond donors (Lipinski definition) is 0. The predicted octanol–water partition coefficient (Wildman–Crippen LogP) is 2.75. The maximum atomic E-state index is 4.97. The molecule has 1 heteroatoms. The second kappa shape index (κ2) is 4.15. The first-order valence-electron chi connectivity index (χ1n) is 3.49. The third-order valence-corrected chi connectivity index (χ3v) is 1.45. The minimum absolute atomic E-state index is 0.505. The third-order valence-electron chi connectivity index (χ3n) is 1.45. The van der Waals surface area contributed by atoms with Gasteiger partial charge >= 0.3 is 0 Å². The van der Waals surface area contributed by atoms with Crippen molar-refractivity contribution in [2.75, 3.05) is 7.11 Å². The van der Waals surface area contributed by atoms with Crippen LogP contribution in [0.2, 0.25) is 0 Å². The lowest BCUT2D eigenvalue weighted by Gasteiger charge is -2.04. The SMILES string of the molecule is C=C(C=C(C)OC)C(C)C. The molecule has 10 heavy (non-hydrogen) atoms. The molecule has 0 fully saturated rings. The highest BCUT2D eigenvalue weighted by Gasteiger charge is 1.96. The Morgan fingerprint density at radius 3 is 2.30 bits per heavy atom. The molecular formula is C9H16O. The molecule has 0 aliphatic rings. The second-order valence-corrected chi connectivity index (χ2v) is 2.69. The van der Waals surface area contributed by atoms with Crippen LogP contribution >= 0.6 is 0 Å². The lowest BCUT2D eigenvalue weighted by molar-refractivity contribution is 0.293. The largest absolute Gasteiger partial charge is 0.501 e. The zero-order valence-electron chi connectivity index (χ0n) is 7.27. The van der Waals surface area contributed by atoms with E-state index in [2.05, 4.69) is 20.4 Å². The molecule has 0 bridgehead atoms. The van der Waals surface area contributed by atoms with E-state index in [9.17, 15) is 0 Å². The molecule has 58 valence electrons. The molecule has 0 atom stereocenters. The van der Waals surface area contributed by atoms with Gasteiger partial charge in [-0.15, -0.1) is 0 Å². The summed E-state index contributed by atoms with van der Waals surface area (Å²) in [4.78, 5) is 0. The Labute approximate surface area is 63.4 Å². The van der Waals surface area contributed by atoms with E-state index in [0.717, 1.165) is 11.3 Å². The van der Waals surface area contributed by atoms with Crippen LogP contribution in [0.5, 0.6) is 0 Å². The van der Waals surface area contributed by atoms with Crippen molar-refractivity contribution < 1.29 is 4.74 Å².